The number of carbonyl (C=O) groups excluding carboxylic acids is 1. The number of benzene rings is 2. The fraction of sp³-hybridized carbons (Fsp3) is 0.263. The van der Waals surface area contributed by atoms with E-state index in [0.717, 1.165) is 0 Å². The van der Waals surface area contributed by atoms with E-state index in [1.165, 1.54) is 28.8 Å². The number of anilines is 1. The SMILES string of the molecule is O=C(COc1ccc(Cl)cc1)N=C1S[C@@H]2CS(=O)(=O)C[C@H]2N1c1ccc(Br)cc1F. The third kappa shape index (κ3) is 4.66. The second kappa shape index (κ2) is 8.49. The number of carbonyl (C=O) groups is 1. The summed E-state index contributed by atoms with van der Waals surface area (Å²) in [5.74, 6) is -0.781. The van der Waals surface area contributed by atoms with Crippen LogP contribution in [-0.4, -0.2) is 48.9 Å². The van der Waals surface area contributed by atoms with Crippen molar-refractivity contribution in [1.29, 1.82) is 0 Å². The fourth-order valence-corrected chi connectivity index (χ4v) is 7.72. The number of hydrogen-bond acceptors (Lipinski definition) is 5. The highest BCUT2D eigenvalue weighted by molar-refractivity contribution is 9.10. The maximum Gasteiger partial charge on any atom is 0.285 e. The van der Waals surface area contributed by atoms with Crippen molar-refractivity contribution in [3.8, 4) is 5.75 Å². The molecule has 2 aliphatic rings. The molecule has 2 heterocycles. The summed E-state index contributed by atoms with van der Waals surface area (Å²) in [6, 6.07) is 10.5. The molecule has 2 atom stereocenters. The second-order valence-electron chi connectivity index (χ2n) is 6.80. The molecule has 0 unspecified atom stereocenters. The van der Waals surface area contributed by atoms with Crippen LogP contribution in [0.4, 0.5) is 10.1 Å². The zero-order valence-electron chi connectivity index (χ0n) is 15.3. The standard InChI is InChI=1S/C19H15BrClFN2O4S2/c20-11-1-6-15(14(22)7-11)24-16-9-30(26,27)10-17(16)29-19(24)23-18(25)8-28-13-4-2-12(21)3-5-13/h1-7,16-17H,8-10H2/t16-,17-/m1/s1. The number of thioether (sulfide) groups is 1. The number of amidine groups is 1. The number of amides is 1. The highest BCUT2D eigenvalue weighted by Gasteiger charge is 2.50. The number of hydrogen-bond donors (Lipinski definition) is 0. The lowest BCUT2D eigenvalue weighted by Crippen LogP contribution is -2.38. The molecule has 6 nitrogen and oxygen atoms in total. The summed E-state index contributed by atoms with van der Waals surface area (Å²) < 4.78 is 44.8. The monoisotopic (exact) mass is 532 g/mol. The van der Waals surface area contributed by atoms with Crippen LogP contribution in [0.1, 0.15) is 0 Å². The largest absolute Gasteiger partial charge is 0.484 e. The fourth-order valence-electron chi connectivity index (χ4n) is 3.34. The van der Waals surface area contributed by atoms with Crippen LogP contribution in [0.15, 0.2) is 51.9 Å². The first-order chi connectivity index (χ1) is 14.2. The number of nitrogens with zero attached hydrogens (tertiary/aromatic N) is 2. The Hall–Kier alpha value is -1.62. The second-order valence-corrected chi connectivity index (χ2v) is 11.5. The van der Waals surface area contributed by atoms with Gasteiger partial charge in [-0.25, -0.2) is 12.8 Å². The minimum absolute atomic E-state index is 0.0362. The van der Waals surface area contributed by atoms with Crippen molar-refractivity contribution in [3.05, 3.63) is 57.8 Å². The number of aliphatic imine (C=N–C) groups is 1. The van der Waals surface area contributed by atoms with Gasteiger partial charge in [0.25, 0.3) is 5.91 Å². The van der Waals surface area contributed by atoms with Gasteiger partial charge in [-0.05, 0) is 42.5 Å². The lowest BCUT2D eigenvalue weighted by Gasteiger charge is -2.25. The molecule has 2 fully saturated rings. The van der Waals surface area contributed by atoms with Gasteiger partial charge in [0, 0.05) is 14.7 Å². The van der Waals surface area contributed by atoms with Crippen molar-refractivity contribution >= 4 is 65.9 Å². The molecule has 2 saturated heterocycles. The molecule has 0 radical (unpaired) electrons. The van der Waals surface area contributed by atoms with E-state index in [1.807, 2.05) is 0 Å². The Labute approximate surface area is 190 Å². The Morgan fingerprint density at radius 3 is 2.70 bits per heavy atom. The Morgan fingerprint density at radius 1 is 1.27 bits per heavy atom. The Balaban J connectivity index is 1.58. The molecule has 4 rings (SSSR count). The van der Waals surface area contributed by atoms with E-state index in [4.69, 9.17) is 16.3 Å². The van der Waals surface area contributed by atoms with Gasteiger partial charge in [0.1, 0.15) is 11.6 Å². The lowest BCUT2D eigenvalue weighted by atomic mass is 10.2. The summed E-state index contributed by atoms with van der Waals surface area (Å²) in [6.07, 6.45) is 0. The molecule has 158 valence electrons. The molecule has 30 heavy (non-hydrogen) atoms. The van der Waals surface area contributed by atoms with Gasteiger partial charge in [-0.2, -0.15) is 4.99 Å². The summed E-state index contributed by atoms with van der Waals surface area (Å²) in [5.41, 5.74) is 0.181. The molecule has 0 bridgehead atoms. The number of sulfone groups is 1. The zero-order valence-corrected chi connectivity index (χ0v) is 19.3. The van der Waals surface area contributed by atoms with Gasteiger partial charge in [-0.15, -0.1) is 0 Å². The molecule has 0 aliphatic carbocycles. The Kier molecular flexibility index (Phi) is 6.11. The molecule has 2 aromatic carbocycles. The van der Waals surface area contributed by atoms with Gasteiger partial charge in [-0.3, -0.25) is 4.79 Å². The van der Waals surface area contributed by atoms with Gasteiger partial charge >= 0.3 is 0 Å². The highest BCUT2D eigenvalue weighted by Crippen LogP contribution is 2.42. The van der Waals surface area contributed by atoms with Crippen molar-refractivity contribution in [2.24, 2.45) is 4.99 Å². The van der Waals surface area contributed by atoms with Crippen molar-refractivity contribution in [1.82, 2.24) is 0 Å². The molecule has 0 spiro atoms. The summed E-state index contributed by atoms with van der Waals surface area (Å²) in [5, 5.41) is 0.498. The average molecular weight is 534 g/mol. The predicted molar refractivity (Wildman–Crippen MR) is 120 cm³/mol. The van der Waals surface area contributed by atoms with Crippen molar-refractivity contribution < 1.29 is 22.3 Å². The number of rotatable bonds is 4. The van der Waals surface area contributed by atoms with Crippen LogP contribution in [0.3, 0.4) is 0 Å². The maximum atomic E-state index is 14.7. The maximum absolute atomic E-state index is 14.7. The van der Waals surface area contributed by atoms with Gasteiger partial charge in [-0.1, -0.05) is 39.3 Å². The number of fused-ring (bicyclic) bond motifs is 1. The average Bonchev–Trinajstić information content (AvgIpc) is 3.13. The number of ether oxygens (including phenoxy) is 1. The third-order valence-electron chi connectivity index (χ3n) is 4.63. The van der Waals surface area contributed by atoms with E-state index in [-0.39, 0.29) is 34.2 Å². The van der Waals surface area contributed by atoms with Crippen molar-refractivity contribution in [3.63, 3.8) is 0 Å². The van der Waals surface area contributed by atoms with Crippen LogP contribution in [0.2, 0.25) is 5.02 Å². The summed E-state index contributed by atoms with van der Waals surface area (Å²) in [4.78, 5) is 18.0. The highest BCUT2D eigenvalue weighted by atomic mass is 79.9. The topological polar surface area (TPSA) is 76.0 Å². The molecule has 2 aliphatic heterocycles. The normalized spacial score (nSPS) is 23.6. The van der Waals surface area contributed by atoms with Crippen LogP contribution in [0.5, 0.6) is 5.75 Å². The number of halogens is 3. The van der Waals surface area contributed by atoms with E-state index in [2.05, 4.69) is 20.9 Å². The predicted octanol–water partition coefficient (Wildman–Crippen LogP) is 3.92. The first-order valence-corrected chi connectivity index (χ1v) is 12.7. The van der Waals surface area contributed by atoms with Crippen molar-refractivity contribution in [2.45, 2.75) is 11.3 Å². The minimum Gasteiger partial charge on any atom is -0.484 e. The van der Waals surface area contributed by atoms with Crippen LogP contribution in [0.25, 0.3) is 0 Å². The first-order valence-electron chi connectivity index (χ1n) is 8.83. The van der Waals surface area contributed by atoms with E-state index in [1.54, 1.807) is 30.3 Å². The Bertz CT molecular complexity index is 1130. The van der Waals surface area contributed by atoms with Gasteiger partial charge in [0.15, 0.2) is 21.6 Å². The van der Waals surface area contributed by atoms with E-state index >= 15 is 0 Å². The van der Waals surface area contributed by atoms with E-state index in [0.29, 0.717) is 15.2 Å². The first kappa shape index (κ1) is 21.6. The van der Waals surface area contributed by atoms with Crippen LogP contribution < -0.4 is 9.64 Å². The molecule has 0 aromatic heterocycles. The smallest absolute Gasteiger partial charge is 0.285 e. The molecule has 1 amide bonds. The summed E-state index contributed by atoms with van der Waals surface area (Å²) in [6.45, 7) is -0.310. The van der Waals surface area contributed by atoms with Crippen molar-refractivity contribution in [2.75, 3.05) is 23.0 Å². The zero-order chi connectivity index (χ0) is 21.5. The summed E-state index contributed by atoms with van der Waals surface area (Å²) >= 11 is 10.2. The molecule has 11 heteroatoms. The van der Waals surface area contributed by atoms with E-state index < -0.39 is 27.6 Å². The lowest BCUT2D eigenvalue weighted by molar-refractivity contribution is -0.119. The van der Waals surface area contributed by atoms with Crippen LogP contribution in [-0.2, 0) is 14.6 Å². The molecular weight excluding hydrogens is 519 g/mol. The molecule has 0 N–H and O–H groups in total. The Morgan fingerprint density at radius 2 is 2.00 bits per heavy atom. The minimum atomic E-state index is -3.24. The molecule has 0 saturated carbocycles. The van der Waals surface area contributed by atoms with Gasteiger partial charge < -0.3 is 9.64 Å². The summed E-state index contributed by atoms with van der Waals surface area (Å²) in [7, 11) is -3.24. The van der Waals surface area contributed by atoms with Gasteiger partial charge in [0.2, 0.25) is 0 Å². The third-order valence-corrected chi connectivity index (χ3v) is 8.59. The molecular formula is C19H15BrClFN2O4S2. The molecule has 2 aromatic rings. The van der Waals surface area contributed by atoms with Crippen LogP contribution in [0, 0.1) is 5.82 Å². The van der Waals surface area contributed by atoms with Crippen LogP contribution >= 0.6 is 39.3 Å². The van der Waals surface area contributed by atoms with Gasteiger partial charge in [0.05, 0.1) is 23.2 Å². The quantitative estimate of drug-likeness (QED) is 0.593. The van der Waals surface area contributed by atoms with E-state index in [9.17, 15) is 17.6 Å².